The number of halogens is 3. The number of benzene rings is 2. The number of phenolic OH excluding ortho intramolecular Hbond substituents is 1. The van der Waals surface area contributed by atoms with Crippen LogP contribution < -0.4 is 4.74 Å². The van der Waals surface area contributed by atoms with Crippen molar-refractivity contribution in [2.24, 2.45) is 0 Å². The molecular formula is C13H7I3O3. The van der Waals surface area contributed by atoms with Gasteiger partial charge < -0.3 is 9.84 Å². The van der Waals surface area contributed by atoms with E-state index in [2.05, 4.69) is 45.2 Å². The normalized spacial score (nSPS) is 10.3. The van der Waals surface area contributed by atoms with Crippen LogP contribution in [0.15, 0.2) is 30.3 Å². The maximum atomic E-state index is 10.8. The Balaban J connectivity index is 2.38. The zero-order valence-corrected chi connectivity index (χ0v) is 15.8. The lowest BCUT2D eigenvalue weighted by atomic mass is 10.2. The maximum Gasteiger partial charge on any atom is 0.154 e. The summed E-state index contributed by atoms with van der Waals surface area (Å²) in [5.74, 6) is 1.60. The van der Waals surface area contributed by atoms with Crippen molar-refractivity contribution in [3.63, 3.8) is 0 Å². The average molecular weight is 592 g/mol. The molecule has 0 amide bonds. The summed E-state index contributed by atoms with van der Waals surface area (Å²) in [5, 5.41) is 9.48. The van der Waals surface area contributed by atoms with E-state index in [1.807, 2.05) is 22.6 Å². The molecule has 0 aliphatic carbocycles. The number of carbonyl (C=O) groups is 1. The number of carbonyl (C=O) groups excluding carboxylic acids is 1. The third-order valence-electron chi connectivity index (χ3n) is 2.30. The van der Waals surface area contributed by atoms with Crippen LogP contribution in [-0.4, -0.2) is 11.4 Å². The second-order valence-corrected chi connectivity index (χ2v) is 7.13. The molecule has 0 aromatic heterocycles. The van der Waals surface area contributed by atoms with Gasteiger partial charge in [0, 0.05) is 5.56 Å². The second-order valence-electron chi connectivity index (χ2n) is 3.65. The molecule has 6 heteroatoms. The molecule has 0 bridgehead atoms. The van der Waals surface area contributed by atoms with Gasteiger partial charge in [0.1, 0.15) is 17.8 Å². The molecule has 1 N–H and O–H groups in total. The fraction of sp³-hybridized carbons (Fsp3) is 0. The molecule has 0 saturated heterocycles. The smallest absolute Gasteiger partial charge is 0.154 e. The largest absolute Gasteiger partial charge is 0.507 e. The third kappa shape index (κ3) is 3.72. The van der Waals surface area contributed by atoms with Crippen LogP contribution in [0.3, 0.4) is 0 Å². The van der Waals surface area contributed by atoms with Gasteiger partial charge in [-0.05, 0) is 98.1 Å². The first-order valence-electron chi connectivity index (χ1n) is 5.12. The molecule has 2 aromatic rings. The molecule has 19 heavy (non-hydrogen) atoms. The molecule has 0 saturated carbocycles. The number of hydrogen-bond acceptors (Lipinski definition) is 3. The lowest BCUT2D eigenvalue weighted by molar-refractivity contribution is 0.112. The Bertz CT molecular complexity index is 618. The maximum absolute atomic E-state index is 10.8. The topological polar surface area (TPSA) is 46.5 Å². The summed E-state index contributed by atoms with van der Waals surface area (Å²) in [6.45, 7) is 0. The Labute approximate surface area is 151 Å². The third-order valence-corrected chi connectivity index (χ3v) is 4.76. The monoisotopic (exact) mass is 592 g/mol. The Morgan fingerprint density at radius 1 is 1.00 bits per heavy atom. The summed E-state index contributed by atoms with van der Waals surface area (Å²) in [7, 11) is 0. The molecule has 98 valence electrons. The molecule has 0 aliphatic heterocycles. The van der Waals surface area contributed by atoms with Crippen molar-refractivity contribution < 1.29 is 14.6 Å². The highest BCUT2D eigenvalue weighted by molar-refractivity contribution is 14.1. The fourth-order valence-electron chi connectivity index (χ4n) is 1.41. The van der Waals surface area contributed by atoms with E-state index in [1.54, 1.807) is 30.3 Å². The van der Waals surface area contributed by atoms with Crippen LogP contribution in [0.25, 0.3) is 0 Å². The molecule has 0 radical (unpaired) electrons. The predicted molar refractivity (Wildman–Crippen MR) is 98.2 cm³/mol. The molecule has 2 rings (SSSR count). The van der Waals surface area contributed by atoms with Crippen LogP contribution in [0.1, 0.15) is 10.4 Å². The number of phenols is 1. The van der Waals surface area contributed by atoms with Crippen molar-refractivity contribution in [1.82, 2.24) is 0 Å². The van der Waals surface area contributed by atoms with Crippen LogP contribution in [0.2, 0.25) is 0 Å². The minimum Gasteiger partial charge on any atom is -0.507 e. The quantitative estimate of drug-likeness (QED) is 0.412. The van der Waals surface area contributed by atoms with E-state index in [4.69, 9.17) is 4.74 Å². The van der Waals surface area contributed by atoms with Crippen LogP contribution in [-0.2, 0) is 0 Å². The number of ether oxygens (including phenoxy) is 1. The van der Waals surface area contributed by atoms with E-state index in [0.717, 1.165) is 17.0 Å². The van der Waals surface area contributed by atoms with Crippen molar-refractivity contribution in [3.8, 4) is 17.2 Å². The minimum absolute atomic E-state index is 0.230. The highest BCUT2D eigenvalue weighted by atomic mass is 127. The van der Waals surface area contributed by atoms with E-state index in [1.165, 1.54) is 0 Å². The van der Waals surface area contributed by atoms with Crippen LogP contribution in [0, 0.1) is 10.7 Å². The molecule has 0 spiro atoms. The fourth-order valence-corrected chi connectivity index (χ4v) is 3.94. The lowest BCUT2D eigenvalue weighted by Crippen LogP contribution is -1.94. The van der Waals surface area contributed by atoms with Gasteiger partial charge in [-0.25, -0.2) is 0 Å². The van der Waals surface area contributed by atoms with E-state index in [0.29, 0.717) is 17.1 Å². The summed E-state index contributed by atoms with van der Waals surface area (Å²) in [5.41, 5.74) is 0.626. The summed E-state index contributed by atoms with van der Waals surface area (Å²) < 4.78 is 8.30. The first-order valence-corrected chi connectivity index (χ1v) is 8.35. The van der Waals surface area contributed by atoms with E-state index in [9.17, 15) is 9.90 Å². The summed E-state index contributed by atoms with van der Waals surface area (Å²) in [6, 6.07) is 8.61. The average Bonchev–Trinajstić information content (AvgIpc) is 2.37. The van der Waals surface area contributed by atoms with Crippen LogP contribution in [0.5, 0.6) is 17.2 Å². The second kappa shape index (κ2) is 6.57. The summed E-state index contributed by atoms with van der Waals surface area (Å²) in [6.07, 6.45) is 0.817. The van der Waals surface area contributed by atoms with Gasteiger partial charge in [-0.3, -0.25) is 4.79 Å². The Hall–Kier alpha value is -0.100. The first-order chi connectivity index (χ1) is 9.01. The van der Waals surface area contributed by atoms with Gasteiger partial charge in [0.05, 0.1) is 10.7 Å². The number of rotatable bonds is 3. The summed E-state index contributed by atoms with van der Waals surface area (Å²) >= 11 is 6.32. The highest BCUT2D eigenvalue weighted by Crippen LogP contribution is 2.34. The van der Waals surface area contributed by atoms with Crippen molar-refractivity contribution >= 4 is 74.1 Å². The Morgan fingerprint density at radius 2 is 1.63 bits per heavy atom. The van der Waals surface area contributed by atoms with E-state index >= 15 is 0 Å². The first kappa shape index (κ1) is 15.3. The molecule has 0 atom stereocenters. The predicted octanol–water partition coefficient (Wildman–Crippen LogP) is 4.81. The molecule has 0 fully saturated rings. The molecule has 0 heterocycles. The van der Waals surface area contributed by atoms with Crippen molar-refractivity contribution in [2.75, 3.05) is 0 Å². The highest BCUT2D eigenvalue weighted by Gasteiger charge is 2.10. The minimum atomic E-state index is 0.230. The number of aromatic hydroxyl groups is 1. The van der Waals surface area contributed by atoms with Crippen LogP contribution >= 0.6 is 67.8 Å². The van der Waals surface area contributed by atoms with Gasteiger partial charge in [0.25, 0.3) is 0 Å². The van der Waals surface area contributed by atoms with E-state index in [-0.39, 0.29) is 5.75 Å². The van der Waals surface area contributed by atoms with Gasteiger partial charge >= 0.3 is 0 Å². The van der Waals surface area contributed by atoms with Gasteiger partial charge in [-0.15, -0.1) is 0 Å². The lowest BCUT2D eigenvalue weighted by Gasteiger charge is -2.11. The van der Waals surface area contributed by atoms with Crippen molar-refractivity contribution in [1.29, 1.82) is 0 Å². The van der Waals surface area contributed by atoms with Crippen molar-refractivity contribution in [2.45, 2.75) is 0 Å². The van der Waals surface area contributed by atoms with E-state index < -0.39 is 0 Å². The van der Waals surface area contributed by atoms with Crippen molar-refractivity contribution in [3.05, 3.63) is 46.6 Å². The molecular weight excluding hydrogens is 585 g/mol. The molecule has 0 unspecified atom stereocenters. The molecule has 2 aromatic carbocycles. The van der Waals surface area contributed by atoms with Gasteiger partial charge in [0.15, 0.2) is 5.75 Å². The standard InChI is InChI=1S/C13H7I3O3/c14-9-5-8(1-2-12(9)18)19-13-10(15)3-7(6-17)4-11(13)16/h1-6,18H. The number of aldehydes is 1. The molecule has 3 nitrogen and oxygen atoms in total. The Morgan fingerprint density at radius 3 is 2.16 bits per heavy atom. The van der Waals surface area contributed by atoms with Gasteiger partial charge in [-0.1, -0.05) is 0 Å². The van der Waals surface area contributed by atoms with Gasteiger partial charge in [-0.2, -0.15) is 0 Å². The molecule has 0 aliphatic rings. The summed E-state index contributed by atoms with van der Waals surface area (Å²) in [4.78, 5) is 10.8. The Kier molecular flexibility index (Phi) is 5.29. The zero-order chi connectivity index (χ0) is 14.0. The SMILES string of the molecule is O=Cc1cc(I)c(Oc2ccc(O)c(I)c2)c(I)c1. The van der Waals surface area contributed by atoms with Gasteiger partial charge in [0.2, 0.25) is 0 Å². The van der Waals surface area contributed by atoms with Crippen LogP contribution in [0.4, 0.5) is 0 Å². The zero-order valence-electron chi connectivity index (χ0n) is 9.36. The number of hydrogen-bond donors (Lipinski definition) is 1.